The minimum atomic E-state index is -0.217. The third-order valence-electron chi connectivity index (χ3n) is 5.01. The average molecular weight is 408 g/mol. The first kappa shape index (κ1) is 21.5. The summed E-state index contributed by atoms with van der Waals surface area (Å²) in [4.78, 5) is 32.1. The molecule has 0 atom stereocenters. The molecular weight excluding hydrogens is 378 g/mol. The summed E-state index contributed by atoms with van der Waals surface area (Å²) in [6.07, 6.45) is 2.48. The fourth-order valence-corrected chi connectivity index (χ4v) is 3.43. The van der Waals surface area contributed by atoms with Gasteiger partial charge in [0, 0.05) is 23.7 Å². The molecule has 0 unspecified atom stereocenters. The SMILES string of the molecule is CCCN(CC(=O)Nc1ccccc1C)C(=O)c1cc2cnn(C(C)C)c2nc1C. The van der Waals surface area contributed by atoms with Crippen molar-refractivity contribution in [2.45, 2.75) is 47.1 Å². The number of aryl methyl sites for hydroxylation is 2. The van der Waals surface area contributed by atoms with Gasteiger partial charge in [-0.05, 0) is 51.8 Å². The van der Waals surface area contributed by atoms with E-state index in [0.717, 1.165) is 28.7 Å². The number of fused-ring (bicyclic) bond motifs is 1. The molecule has 30 heavy (non-hydrogen) atoms. The molecule has 0 saturated carbocycles. The minimum Gasteiger partial charge on any atom is -0.329 e. The van der Waals surface area contributed by atoms with Crippen LogP contribution in [0.4, 0.5) is 5.69 Å². The second kappa shape index (κ2) is 9.07. The van der Waals surface area contributed by atoms with Crippen molar-refractivity contribution in [3.8, 4) is 0 Å². The molecule has 0 spiro atoms. The maximum atomic E-state index is 13.3. The van der Waals surface area contributed by atoms with Crippen molar-refractivity contribution in [2.75, 3.05) is 18.4 Å². The van der Waals surface area contributed by atoms with Crippen molar-refractivity contribution in [3.05, 3.63) is 53.3 Å². The molecule has 0 fully saturated rings. The molecule has 7 nitrogen and oxygen atoms in total. The van der Waals surface area contributed by atoms with E-state index in [1.807, 2.05) is 69.6 Å². The highest BCUT2D eigenvalue weighted by atomic mass is 16.2. The van der Waals surface area contributed by atoms with Crippen molar-refractivity contribution in [1.82, 2.24) is 19.7 Å². The number of pyridine rings is 1. The van der Waals surface area contributed by atoms with Gasteiger partial charge in [0.2, 0.25) is 5.91 Å². The zero-order valence-electron chi connectivity index (χ0n) is 18.3. The molecule has 158 valence electrons. The van der Waals surface area contributed by atoms with Crippen LogP contribution >= 0.6 is 0 Å². The van der Waals surface area contributed by atoms with Crippen molar-refractivity contribution >= 4 is 28.5 Å². The fraction of sp³-hybridized carbons (Fsp3) is 0.391. The minimum absolute atomic E-state index is 0.0102. The van der Waals surface area contributed by atoms with E-state index in [-0.39, 0.29) is 24.4 Å². The van der Waals surface area contributed by atoms with Gasteiger partial charge in [0.1, 0.15) is 6.54 Å². The number of nitrogens with one attached hydrogen (secondary N) is 1. The molecule has 0 aliphatic heterocycles. The number of aromatic nitrogens is 3. The summed E-state index contributed by atoms with van der Waals surface area (Å²) in [7, 11) is 0. The quantitative estimate of drug-likeness (QED) is 0.639. The van der Waals surface area contributed by atoms with E-state index in [1.54, 1.807) is 11.1 Å². The lowest BCUT2D eigenvalue weighted by molar-refractivity contribution is -0.116. The summed E-state index contributed by atoms with van der Waals surface area (Å²) >= 11 is 0. The molecule has 1 aromatic carbocycles. The highest BCUT2D eigenvalue weighted by molar-refractivity contribution is 6.01. The highest BCUT2D eigenvalue weighted by Crippen LogP contribution is 2.21. The van der Waals surface area contributed by atoms with Crippen LogP contribution in [0.25, 0.3) is 11.0 Å². The Hall–Kier alpha value is -3.22. The number of para-hydroxylation sites is 1. The van der Waals surface area contributed by atoms with Crippen LogP contribution in [0.3, 0.4) is 0 Å². The third-order valence-corrected chi connectivity index (χ3v) is 5.01. The number of hydrogen-bond donors (Lipinski definition) is 1. The maximum Gasteiger partial charge on any atom is 0.256 e. The van der Waals surface area contributed by atoms with Crippen LogP contribution < -0.4 is 5.32 Å². The Morgan fingerprint density at radius 2 is 1.93 bits per heavy atom. The molecule has 2 amide bonds. The number of benzene rings is 1. The van der Waals surface area contributed by atoms with Crippen LogP contribution in [-0.4, -0.2) is 44.6 Å². The van der Waals surface area contributed by atoms with Gasteiger partial charge in [0.25, 0.3) is 5.91 Å². The lowest BCUT2D eigenvalue weighted by atomic mass is 10.1. The molecule has 0 aliphatic carbocycles. The van der Waals surface area contributed by atoms with Crippen molar-refractivity contribution in [2.24, 2.45) is 0 Å². The molecule has 2 heterocycles. The van der Waals surface area contributed by atoms with E-state index in [2.05, 4.69) is 15.4 Å². The number of rotatable bonds is 7. The van der Waals surface area contributed by atoms with Crippen molar-refractivity contribution in [3.63, 3.8) is 0 Å². The van der Waals surface area contributed by atoms with E-state index in [9.17, 15) is 9.59 Å². The van der Waals surface area contributed by atoms with Crippen LogP contribution in [0.15, 0.2) is 36.5 Å². The first-order valence-corrected chi connectivity index (χ1v) is 10.3. The molecular formula is C23H29N5O2. The number of carbonyl (C=O) groups excluding carboxylic acids is 2. The summed E-state index contributed by atoms with van der Waals surface area (Å²) in [5.41, 5.74) is 3.63. The topological polar surface area (TPSA) is 80.1 Å². The van der Waals surface area contributed by atoms with E-state index in [4.69, 9.17) is 0 Å². The Balaban J connectivity index is 1.83. The molecule has 0 bridgehead atoms. The number of amides is 2. The first-order valence-electron chi connectivity index (χ1n) is 10.3. The second-order valence-electron chi connectivity index (χ2n) is 7.81. The number of anilines is 1. The highest BCUT2D eigenvalue weighted by Gasteiger charge is 2.22. The molecule has 2 aromatic heterocycles. The summed E-state index contributed by atoms with van der Waals surface area (Å²) in [5, 5.41) is 8.11. The molecule has 0 aliphatic rings. The van der Waals surface area contributed by atoms with Gasteiger partial charge >= 0.3 is 0 Å². The zero-order valence-corrected chi connectivity index (χ0v) is 18.3. The Kier molecular flexibility index (Phi) is 6.50. The van der Waals surface area contributed by atoms with Crippen LogP contribution in [-0.2, 0) is 4.79 Å². The van der Waals surface area contributed by atoms with Gasteiger partial charge in [0.05, 0.1) is 17.5 Å². The van der Waals surface area contributed by atoms with Crippen LogP contribution in [0, 0.1) is 13.8 Å². The van der Waals surface area contributed by atoms with Crippen LogP contribution in [0.5, 0.6) is 0 Å². The average Bonchev–Trinajstić information content (AvgIpc) is 3.11. The number of nitrogens with zero attached hydrogens (tertiary/aromatic N) is 4. The molecule has 1 N–H and O–H groups in total. The van der Waals surface area contributed by atoms with Gasteiger partial charge in [-0.1, -0.05) is 25.1 Å². The lowest BCUT2D eigenvalue weighted by Gasteiger charge is -2.22. The van der Waals surface area contributed by atoms with E-state index in [1.165, 1.54) is 0 Å². The second-order valence-corrected chi connectivity index (χ2v) is 7.81. The van der Waals surface area contributed by atoms with Gasteiger partial charge in [-0.3, -0.25) is 9.59 Å². The smallest absolute Gasteiger partial charge is 0.256 e. The standard InChI is InChI=1S/C23H29N5O2/c1-6-11-27(14-21(29)26-20-10-8-7-9-16(20)4)23(30)19-12-18-13-24-28(15(2)3)22(18)25-17(19)5/h7-10,12-13,15H,6,11,14H2,1-5H3,(H,26,29). The molecule has 7 heteroatoms. The maximum absolute atomic E-state index is 13.3. The Labute approximate surface area is 177 Å². The monoisotopic (exact) mass is 407 g/mol. The van der Waals surface area contributed by atoms with Gasteiger partial charge in [0.15, 0.2) is 5.65 Å². The zero-order chi connectivity index (χ0) is 21.8. The Morgan fingerprint density at radius 1 is 1.20 bits per heavy atom. The van der Waals surface area contributed by atoms with E-state index < -0.39 is 0 Å². The van der Waals surface area contributed by atoms with E-state index in [0.29, 0.717) is 17.8 Å². The third kappa shape index (κ3) is 4.50. The predicted octanol–water partition coefficient (Wildman–Crippen LogP) is 4.12. The summed E-state index contributed by atoms with van der Waals surface area (Å²) < 4.78 is 1.84. The lowest BCUT2D eigenvalue weighted by Crippen LogP contribution is -2.39. The predicted molar refractivity (Wildman–Crippen MR) is 119 cm³/mol. The summed E-state index contributed by atoms with van der Waals surface area (Å²) in [5.74, 6) is -0.411. The van der Waals surface area contributed by atoms with E-state index >= 15 is 0 Å². The number of carbonyl (C=O) groups is 2. The van der Waals surface area contributed by atoms with Gasteiger partial charge in [-0.15, -0.1) is 0 Å². The fourth-order valence-electron chi connectivity index (χ4n) is 3.43. The molecule has 3 rings (SSSR count). The molecule has 0 saturated heterocycles. The molecule has 3 aromatic rings. The van der Waals surface area contributed by atoms with Crippen molar-refractivity contribution in [1.29, 1.82) is 0 Å². The van der Waals surface area contributed by atoms with Gasteiger partial charge in [-0.25, -0.2) is 9.67 Å². The first-order chi connectivity index (χ1) is 14.3. The number of hydrogen-bond acceptors (Lipinski definition) is 4. The normalized spacial score (nSPS) is 11.1. The Morgan fingerprint density at radius 3 is 2.60 bits per heavy atom. The van der Waals surface area contributed by atoms with Crippen LogP contribution in [0.1, 0.15) is 54.8 Å². The van der Waals surface area contributed by atoms with Gasteiger partial charge in [-0.2, -0.15) is 5.10 Å². The Bertz CT molecular complexity index is 1070. The largest absolute Gasteiger partial charge is 0.329 e. The summed E-state index contributed by atoms with van der Waals surface area (Å²) in [6, 6.07) is 9.59. The van der Waals surface area contributed by atoms with Crippen LogP contribution in [0.2, 0.25) is 0 Å². The summed E-state index contributed by atoms with van der Waals surface area (Å²) in [6.45, 7) is 10.3. The molecule has 0 radical (unpaired) electrons. The van der Waals surface area contributed by atoms with Crippen molar-refractivity contribution < 1.29 is 9.59 Å². The van der Waals surface area contributed by atoms with Gasteiger partial charge < -0.3 is 10.2 Å².